The molecule has 0 aliphatic heterocycles. The zero-order valence-electron chi connectivity index (χ0n) is 10.3. The minimum Gasteiger partial charge on any atom is -0.397 e. The van der Waals surface area contributed by atoms with E-state index in [0.29, 0.717) is 29.5 Å². The molecule has 1 aliphatic carbocycles. The van der Waals surface area contributed by atoms with Crippen LogP contribution < -0.4 is 10.6 Å². The van der Waals surface area contributed by atoms with E-state index in [0.717, 1.165) is 19.4 Å². The molecule has 18 heavy (non-hydrogen) atoms. The van der Waals surface area contributed by atoms with Crippen molar-refractivity contribution in [3.8, 4) is 6.07 Å². The zero-order valence-corrected chi connectivity index (χ0v) is 10.3. The van der Waals surface area contributed by atoms with E-state index < -0.39 is 0 Å². The lowest BCUT2D eigenvalue weighted by Crippen LogP contribution is -2.42. The maximum Gasteiger partial charge on any atom is 0.146 e. The van der Waals surface area contributed by atoms with Crippen LogP contribution in [-0.4, -0.2) is 29.3 Å². The molecule has 96 valence electrons. The second kappa shape index (κ2) is 5.69. The van der Waals surface area contributed by atoms with Gasteiger partial charge in [-0.15, -0.1) is 0 Å². The van der Waals surface area contributed by atoms with Crippen molar-refractivity contribution in [3.05, 3.63) is 17.8 Å². The van der Waals surface area contributed by atoms with Crippen LogP contribution in [0.3, 0.4) is 0 Å². The van der Waals surface area contributed by atoms with Crippen LogP contribution >= 0.6 is 0 Å². The van der Waals surface area contributed by atoms with Crippen LogP contribution in [0.15, 0.2) is 12.3 Å². The Balaban J connectivity index is 2.26. The SMILES string of the molecule is N#Cc1cc(N)cnc1N(CCCO)C1CCC1. The summed E-state index contributed by atoms with van der Waals surface area (Å²) < 4.78 is 0. The summed E-state index contributed by atoms with van der Waals surface area (Å²) in [4.78, 5) is 6.44. The Morgan fingerprint density at radius 2 is 2.33 bits per heavy atom. The monoisotopic (exact) mass is 246 g/mol. The Kier molecular flexibility index (Phi) is 4.00. The third kappa shape index (κ3) is 2.54. The maximum atomic E-state index is 9.17. The van der Waals surface area contributed by atoms with E-state index in [1.165, 1.54) is 6.42 Å². The van der Waals surface area contributed by atoms with Gasteiger partial charge in [-0.3, -0.25) is 0 Å². The van der Waals surface area contributed by atoms with Crippen LogP contribution in [0.5, 0.6) is 0 Å². The molecule has 3 N–H and O–H groups in total. The molecule has 2 rings (SSSR count). The van der Waals surface area contributed by atoms with Gasteiger partial charge >= 0.3 is 0 Å². The smallest absolute Gasteiger partial charge is 0.146 e. The summed E-state index contributed by atoms with van der Waals surface area (Å²) in [6.07, 6.45) is 5.75. The molecule has 1 aromatic rings. The normalized spacial score (nSPS) is 14.9. The number of pyridine rings is 1. The first-order chi connectivity index (χ1) is 8.76. The fourth-order valence-corrected chi connectivity index (χ4v) is 2.19. The van der Waals surface area contributed by atoms with Crippen molar-refractivity contribution >= 4 is 11.5 Å². The second-order valence-corrected chi connectivity index (χ2v) is 4.61. The lowest BCUT2D eigenvalue weighted by Gasteiger charge is -2.38. The van der Waals surface area contributed by atoms with Gasteiger partial charge in [-0.05, 0) is 31.7 Å². The van der Waals surface area contributed by atoms with Crippen molar-refractivity contribution in [2.75, 3.05) is 23.8 Å². The molecule has 0 unspecified atom stereocenters. The summed E-state index contributed by atoms with van der Waals surface area (Å²) in [5, 5.41) is 18.1. The minimum absolute atomic E-state index is 0.153. The number of anilines is 2. The van der Waals surface area contributed by atoms with Crippen molar-refractivity contribution in [2.24, 2.45) is 0 Å². The number of aromatic nitrogens is 1. The number of hydrogen-bond donors (Lipinski definition) is 2. The van der Waals surface area contributed by atoms with Crippen molar-refractivity contribution in [3.63, 3.8) is 0 Å². The number of aliphatic hydroxyl groups excluding tert-OH is 1. The Hall–Kier alpha value is -1.80. The minimum atomic E-state index is 0.153. The average Bonchev–Trinajstić information content (AvgIpc) is 2.32. The van der Waals surface area contributed by atoms with Gasteiger partial charge in [0.15, 0.2) is 0 Å². The summed E-state index contributed by atoms with van der Waals surface area (Å²) in [5.74, 6) is 0.699. The lowest BCUT2D eigenvalue weighted by atomic mass is 9.91. The number of nitriles is 1. The third-order valence-corrected chi connectivity index (χ3v) is 3.35. The molecule has 5 nitrogen and oxygen atoms in total. The summed E-state index contributed by atoms with van der Waals surface area (Å²) in [6, 6.07) is 4.25. The van der Waals surface area contributed by atoms with Crippen LogP contribution in [0, 0.1) is 11.3 Å². The number of nitrogens with two attached hydrogens (primary N) is 1. The van der Waals surface area contributed by atoms with Gasteiger partial charge in [0.05, 0.1) is 17.4 Å². The van der Waals surface area contributed by atoms with Gasteiger partial charge in [-0.2, -0.15) is 5.26 Å². The van der Waals surface area contributed by atoms with E-state index in [1.54, 1.807) is 12.3 Å². The van der Waals surface area contributed by atoms with Crippen LogP contribution in [0.2, 0.25) is 0 Å². The molecule has 5 heteroatoms. The van der Waals surface area contributed by atoms with Gasteiger partial charge in [0.25, 0.3) is 0 Å². The first-order valence-electron chi connectivity index (χ1n) is 6.29. The number of nitrogen functional groups attached to an aromatic ring is 1. The predicted octanol–water partition coefficient (Wildman–Crippen LogP) is 1.28. The molecule has 0 atom stereocenters. The quantitative estimate of drug-likeness (QED) is 0.817. The molecule has 0 radical (unpaired) electrons. The molecule has 0 amide bonds. The molecule has 0 saturated heterocycles. The second-order valence-electron chi connectivity index (χ2n) is 4.61. The molecule has 1 aliphatic rings. The van der Waals surface area contributed by atoms with Crippen molar-refractivity contribution in [1.82, 2.24) is 4.98 Å². The standard InChI is InChI=1S/C13H18N4O/c14-8-10-7-11(15)9-16-13(10)17(5-2-6-18)12-3-1-4-12/h7,9,12,18H,1-6,15H2. The number of nitrogens with zero attached hydrogens (tertiary/aromatic N) is 3. The highest BCUT2D eigenvalue weighted by atomic mass is 16.3. The van der Waals surface area contributed by atoms with E-state index in [2.05, 4.69) is 16.0 Å². The fraction of sp³-hybridized carbons (Fsp3) is 0.538. The molecule has 1 heterocycles. The van der Waals surface area contributed by atoms with Crippen LogP contribution in [0.1, 0.15) is 31.2 Å². The third-order valence-electron chi connectivity index (χ3n) is 3.35. The maximum absolute atomic E-state index is 9.17. The Bertz CT molecular complexity index is 451. The Morgan fingerprint density at radius 3 is 2.89 bits per heavy atom. The van der Waals surface area contributed by atoms with Crippen LogP contribution in [-0.2, 0) is 0 Å². The first-order valence-corrected chi connectivity index (χ1v) is 6.29. The van der Waals surface area contributed by atoms with Crippen molar-refractivity contribution in [1.29, 1.82) is 5.26 Å². The summed E-state index contributed by atoms with van der Waals surface area (Å²) >= 11 is 0. The molecule has 0 spiro atoms. The van der Waals surface area contributed by atoms with E-state index in [4.69, 9.17) is 16.1 Å². The Morgan fingerprint density at radius 1 is 1.56 bits per heavy atom. The largest absolute Gasteiger partial charge is 0.397 e. The van der Waals surface area contributed by atoms with E-state index in [1.807, 2.05) is 0 Å². The Labute approximate surface area is 107 Å². The first kappa shape index (κ1) is 12.7. The van der Waals surface area contributed by atoms with Crippen molar-refractivity contribution < 1.29 is 5.11 Å². The van der Waals surface area contributed by atoms with Crippen LogP contribution in [0.25, 0.3) is 0 Å². The summed E-state index contributed by atoms with van der Waals surface area (Å²) in [6.45, 7) is 0.882. The molecule has 1 fully saturated rings. The van der Waals surface area contributed by atoms with Gasteiger partial charge in [0.2, 0.25) is 0 Å². The van der Waals surface area contributed by atoms with Crippen LogP contribution in [0.4, 0.5) is 11.5 Å². The molecule has 0 bridgehead atoms. The summed E-state index contributed by atoms with van der Waals surface area (Å²) in [7, 11) is 0. The van der Waals surface area contributed by atoms with Gasteiger partial charge in [0, 0.05) is 19.2 Å². The molecule has 1 aromatic heterocycles. The van der Waals surface area contributed by atoms with E-state index in [-0.39, 0.29) is 6.61 Å². The highest BCUT2D eigenvalue weighted by molar-refractivity contribution is 5.59. The predicted molar refractivity (Wildman–Crippen MR) is 70.1 cm³/mol. The molecule has 1 saturated carbocycles. The number of aliphatic hydroxyl groups is 1. The average molecular weight is 246 g/mol. The molecular formula is C13H18N4O. The molecule has 0 aromatic carbocycles. The lowest BCUT2D eigenvalue weighted by molar-refractivity contribution is 0.282. The topological polar surface area (TPSA) is 86.2 Å². The van der Waals surface area contributed by atoms with Gasteiger partial charge in [0.1, 0.15) is 11.9 Å². The van der Waals surface area contributed by atoms with Gasteiger partial charge in [-0.1, -0.05) is 0 Å². The highest BCUT2D eigenvalue weighted by Gasteiger charge is 2.27. The number of hydrogen-bond acceptors (Lipinski definition) is 5. The van der Waals surface area contributed by atoms with Crippen molar-refractivity contribution in [2.45, 2.75) is 31.7 Å². The van der Waals surface area contributed by atoms with E-state index >= 15 is 0 Å². The van der Waals surface area contributed by atoms with Gasteiger partial charge in [-0.25, -0.2) is 4.98 Å². The summed E-state index contributed by atoms with van der Waals surface area (Å²) in [5.41, 5.74) is 6.67. The van der Waals surface area contributed by atoms with E-state index in [9.17, 15) is 0 Å². The number of rotatable bonds is 5. The highest BCUT2D eigenvalue weighted by Crippen LogP contribution is 2.30. The van der Waals surface area contributed by atoms with Gasteiger partial charge < -0.3 is 15.7 Å². The molecular weight excluding hydrogens is 228 g/mol. The fourth-order valence-electron chi connectivity index (χ4n) is 2.19. The zero-order chi connectivity index (χ0) is 13.0.